The van der Waals surface area contributed by atoms with E-state index in [1.807, 2.05) is 5.32 Å². The number of amides is 1. The largest absolute Gasteiger partial charge is 0.478 e. The second kappa shape index (κ2) is 5.79. The summed E-state index contributed by atoms with van der Waals surface area (Å²) < 4.78 is 39.3. The van der Waals surface area contributed by atoms with Crippen molar-refractivity contribution in [3.05, 3.63) is 28.8 Å². The molecule has 0 radical (unpaired) electrons. The Balaban J connectivity index is 2.73. The molecule has 0 fully saturated rings. The summed E-state index contributed by atoms with van der Waals surface area (Å²) in [4.78, 5) is 21.7. The van der Waals surface area contributed by atoms with Crippen molar-refractivity contribution < 1.29 is 32.6 Å². The highest BCUT2D eigenvalue weighted by Crippen LogP contribution is 2.23. The molecule has 0 heterocycles. The Labute approximate surface area is 109 Å². The maximum absolute atomic E-state index is 11.8. The maximum atomic E-state index is 11.8. The van der Waals surface area contributed by atoms with E-state index >= 15 is 0 Å². The van der Waals surface area contributed by atoms with Gasteiger partial charge in [0.15, 0.2) is 6.61 Å². The van der Waals surface area contributed by atoms with Crippen molar-refractivity contribution in [2.45, 2.75) is 6.18 Å². The van der Waals surface area contributed by atoms with Crippen molar-refractivity contribution in [1.82, 2.24) is 0 Å². The van der Waals surface area contributed by atoms with E-state index in [9.17, 15) is 22.8 Å². The number of anilines is 1. The Morgan fingerprint density at radius 1 is 1.37 bits per heavy atom. The zero-order chi connectivity index (χ0) is 14.6. The normalized spacial score (nSPS) is 10.9. The van der Waals surface area contributed by atoms with Crippen LogP contribution in [0.25, 0.3) is 0 Å². The fraction of sp³-hybridized carbons (Fsp3) is 0.200. The Morgan fingerprint density at radius 2 is 2.00 bits per heavy atom. The van der Waals surface area contributed by atoms with E-state index < -0.39 is 24.8 Å². The topological polar surface area (TPSA) is 75.6 Å². The quantitative estimate of drug-likeness (QED) is 0.898. The van der Waals surface area contributed by atoms with Crippen molar-refractivity contribution >= 4 is 29.4 Å². The molecule has 5 nitrogen and oxygen atoms in total. The number of carbonyl (C=O) groups is 2. The van der Waals surface area contributed by atoms with Crippen molar-refractivity contribution in [2.75, 3.05) is 11.9 Å². The molecule has 1 amide bonds. The molecule has 0 unspecified atom stereocenters. The molecule has 1 aromatic rings. The van der Waals surface area contributed by atoms with Crippen LogP contribution in [-0.2, 0) is 4.74 Å². The molecule has 0 bridgehead atoms. The number of halogens is 4. The van der Waals surface area contributed by atoms with Gasteiger partial charge in [0.1, 0.15) is 0 Å². The number of carbonyl (C=O) groups excluding carboxylic acids is 1. The van der Waals surface area contributed by atoms with E-state index in [0.717, 1.165) is 6.07 Å². The highest BCUT2D eigenvalue weighted by atomic mass is 35.5. The number of nitrogens with one attached hydrogen (secondary N) is 1. The molecule has 0 saturated heterocycles. The first-order chi connectivity index (χ1) is 8.69. The standard InChI is InChI=1S/C10H7ClF3NO4/c11-6-2-1-5(8(16)17)3-7(6)15-9(18)19-4-10(12,13)14/h1-3H,4H2,(H,15,18)(H,16,17). The van der Waals surface area contributed by atoms with Crippen LogP contribution in [0.4, 0.5) is 23.7 Å². The van der Waals surface area contributed by atoms with Crippen molar-refractivity contribution in [3.63, 3.8) is 0 Å². The fourth-order valence-corrected chi connectivity index (χ4v) is 1.21. The average molecular weight is 298 g/mol. The van der Waals surface area contributed by atoms with Crippen LogP contribution in [0.3, 0.4) is 0 Å². The van der Waals surface area contributed by atoms with Crippen LogP contribution in [0, 0.1) is 0 Å². The number of aromatic carboxylic acids is 1. The number of ether oxygens (including phenoxy) is 1. The zero-order valence-electron chi connectivity index (χ0n) is 9.12. The van der Waals surface area contributed by atoms with Gasteiger partial charge in [-0.1, -0.05) is 11.6 Å². The predicted molar refractivity (Wildman–Crippen MR) is 59.4 cm³/mol. The lowest BCUT2D eigenvalue weighted by Gasteiger charge is -2.10. The van der Waals surface area contributed by atoms with Crippen LogP contribution < -0.4 is 5.32 Å². The van der Waals surface area contributed by atoms with Crippen LogP contribution in [0.1, 0.15) is 10.4 Å². The minimum Gasteiger partial charge on any atom is -0.478 e. The van der Waals surface area contributed by atoms with Gasteiger partial charge in [0.2, 0.25) is 0 Å². The van der Waals surface area contributed by atoms with Gasteiger partial charge >= 0.3 is 18.2 Å². The number of carboxylic acids is 1. The van der Waals surface area contributed by atoms with Gasteiger partial charge in [-0.3, -0.25) is 5.32 Å². The van der Waals surface area contributed by atoms with Crippen LogP contribution >= 0.6 is 11.6 Å². The molecule has 1 aromatic carbocycles. The smallest absolute Gasteiger partial charge is 0.422 e. The predicted octanol–water partition coefficient (Wildman–Crippen LogP) is 3.15. The van der Waals surface area contributed by atoms with Crippen LogP contribution in [-0.4, -0.2) is 30.0 Å². The molecule has 0 atom stereocenters. The minimum absolute atomic E-state index is 0.0334. The van der Waals surface area contributed by atoms with Gasteiger partial charge in [-0.2, -0.15) is 13.2 Å². The molecule has 0 aliphatic carbocycles. The van der Waals surface area contributed by atoms with Gasteiger partial charge in [0.25, 0.3) is 0 Å². The van der Waals surface area contributed by atoms with Crippen molar-refractivity contribution in [3.8, 4) is 0 Å². The van der Waals surface area contributed by atoms with E-state index in [2.05, 4.69) is 4.74 Å². The van der Waals surface area contributed by atoms with Gasteiger partial charge < -0.3 is 9.84 Å². The first kappa shape index (κ1) is 15.1. The number of hydrogen-bond acceptors (Lipinski definition) is 3. The number of benzene rings is 1. The summed E-state index contributed by atoms with van der Waals surface area (Å²) in [5.74, 6) is -1.27. The molecular formula is C10H7ClF3NO4. The molecule has 2 N–H and O–H groups in total. The van der Waals surface area contributed by atoms with Gasteiger partial charge in [-0.25, -0.2) is 9.59 Å². The van der Waals surface area contributed by atoms with Gasteiger partial charge in [0.05, 0.1) is 16.3 Å². The monoisotopic (exact) mass is 297 g/mol. The molecule has 1 rings (SSSR count). The Hall–Kier alpha value is -1.96. The van der Waals surface area contributed by atoms with Gasteiger partial charge in [-0.05, 0) is 18.2 Å². The van der Waals surface area contributed by atoms with Crippen LogP contribution in [0.2, 0.25) is 5.02 Å². The summed E-state index contributed by atoms with van der Waals surface area (Å²) in [7, 11) is 0. The Bertz CT molecular complexity index is 504. The lowest BCUT2D eigenvalue weighted by molar-refractivity contribution is -0.159. The third kappa shape index (κ3) is 5.04. The summed E-state index contributed by atoms with van der Waals surface area (Å²) in [6.07, 6.45) is -6.04. The molecule has 0 spiro atoms. The number of carboxylic acid groups (broad SMARTS) is 1. The zero-order valence-corrected chi connectivity index (χ0v) is 9.88. The summed E-state index contributed by atoms with van der Waals surface area (Å²) >= 11 is 5.65. The second-order valence-electron chi connectivity index (χ2n) is 3.32. The number of hydrogen-bond donors (Lipinski definition) is 2. The average Bonchev–Trinajstić information content (AvgIpc) is 2.28. The van der Waals surface area contributed by atoms with E-state index in [4.69, 9.17) is 16.7 Å². The van der Waals surface area contributed by atoms with E-state index in [0.29, 0.717) is 0 Å². The van der Waals surface area contributed by atoms with Gasteiger partial charge in [0, 0.05) is 0 Å². The SMILES string of the molecule is O=C(Nc1cc(C(=O)O)ccc1Cl)OCC(F)(F)F. The molecule has 0 aromatic heterocycles. The minimum atomic E-state index is -4.65. The molecule has 0 saturated carbocycles. The molecular weight excluding hydrogens is 291 g/mol. The fourth-order valence-electron chi connectivity index (χ4n) is 1.05. The van der Waals surface area contributed by atoms with Crippen molar-refractivity contribution in [2.24, 2.45) is 0 Å². The first-order valence-corrected chi connectivity index (χ1v) is 5.10. The van der Waals surface area contributed by atoms with E-state index in [1.165, 1.54) is 12.1 Å². The van der Waals surface area contributed by atoms with E-state index in [1.54, 1.807) is 0 Å². The Kier molecular flexibility index (Phi) is 4.60. The Morgan fingerprint density at radius 3 is 2.53 bits per heavy atom. The summed E-state index contributed by atoms with van der Waals surface area (Å²) in [5, 5.41) is 10.6. The highest BCUT2D eigenvalue weighted by molar-refractivity contribution is 6.33. The number of alkyl halides is 3. The van der Waals surface area contributed by atoms with Gasteiger partial charge in [-0.15, -0.1) is 0 Å². The molecule has 104 valence electrons. The summed E-state index contributed by atoms with van der Waals surface area (Å²) in [6, 6.07) is 3.36. The number of rotatable bonds is 3. The highest BCUT2D eigenvalue weighted by Gasteiger charge is 2.29. The van der Waals surface area contributed by atoms with E-state index in [-0.39, 0.29) is 16.3 Å². The van der Waals surface area contributed by atoms with Crippen LogP contribution in [0.5, 0.6) is 0 Å². The maximum Gasteiger partial charge on any atom is 0.422 e. The van der Waals surface area contributed by atoms with Crippen molar-refractivity contribution in [1.29, 1.82) is 0 Å². The lowest BCUT2D eigenvalue weighted by Crippen LogP contribution is -2.23. The summed E-state index contributed by atoms with van der Waals surface area (Å²) in [5.41, 5.74) is -0.343. The molecule has 19 heavy (non-hydrogen) atoms. The first-order valence-electron chi connectivity index (χ1n) is 4.72. The van der Waals surface area contributed by atoms with Crippen LogP contribution in [0.15, 0.2) is 18.2 Å². The molecule has 0 aliphatic heterocycles. The summed E-state index contributed by atoms with van der Waals surface area (Å²) in [6.45, 7) is -1.75. The molecule has 9 heteroatoms. The molecule has 0 aliphatic rings. The third-order valence-corrected chi connectivity index (χ3v) is 2.15. The lowest BCUT2D eigenvalue weighted by atomic mass is 10.2. The third-order valence-electron chi connectivity index (χ3n) is 1.82. The second-order valence-corrected chi connectivity index (χ2v) is 3.72.